The van der Waals surface area contributed by atoms with E-state index >= 15 is 0 Å². The van der Waals surface area contributed by atoms with Crippen LogP contribution in [0.15, 0.2) is 18.2 Å². The van der Waals surface area contributed by atoms with Gasteiger partial charge < -0.3 is 10.4 Å². The monoisotopic (exact) mass is 283 g/mol. The minimum atomic E-state index is -0.885. The number of aliphatic hydroxyl groups is 1. The lowest BCUT2D eigenvalue weighted by Gasteiger charge is -2.15. The molecule has 2 rings (SSSR count). The molecule has 1 fully saturated rings. The maximum Gasteiger partial charge on any atom is 0.223 e. The van der Waals surface area contributed by atoms with Gasteiger partial charge >= 0.3 is 0 Å². The van der Waals surface area contributed by atoms with Crippen molar-refractivity contribution in [3.63, 3.8) is 0 Å². The van der Waals surface area contributed by atoms with Gasteiger partial charge in [-0.1, -0.05) is 19.9 Å². The highest BCUT2D eigenvalue weighted by Gasteiger charge is 2.44. The molecule has 3 atom stereocenters. The van der Waals surface area contributed by atoms with E-state index in [1.807, 2.05) is 13.8 Å². The topological polar surface area (TPSA) is 49.3 Å². The molecule has 0 radical (unpaired) electrons. The molecule has 1 amide bonds. The fourth-order valence-electron chi connectivity index (χ4n) is 2.17. The van der Waals surface area contributed by atoms with Crippen LogP contribution in [0.4, 0.5) is 8.78 Å². The van der Waals surface area contributed by atoms with E-state index in [-0.39, 0.29) is 30.2 Å². The summed E-state index contributed by atoms with van der Waals surface area (Å²) >= 11 is 0. The van der Waals surface area contributed by atoms with E-state index in [0.29, 0.717) is 12.0 Å². The van der Waals surface area contributed by atoms with Crippen LogP contribution in [0.25, 0.3) is 0 Å². The van der Waals surface area contributed by atoms with Crippen LogP contribution in [0, 0.1) is 23.5 Å². The molecular weight excluding hydrogens is 264 g/mol. The highest BCUT2D eigenvalue weighted by Crippen LogP contribution is 2.47. The molecule has 110 valence electrons. The van der Waals surface area contributed by atoms with Crippen molar-refractivity contribution in [2.45, 2.75) is 32.3 Å². The number of amides is 1. The number of rotatable bonds is 5. The minimum absolute atomic E-state index is 0.0544. The molecule has 0 aliphatic heterocycles. The predicted octanol–water partition coefficient (Wildman–Crippen LogP) is 2.20. The average molecular weight is 283 g/mol. The summed E-state index contributed by atoms with van der Waals surface area (Å²) in [4.78, 5) is 11.9. The molecule has 0 aromatic heterocycles. The molecule has 1 saturated carbocycles. The summed E-state index contributed by atoms with van der Waals surface area (Å²) in [6.07, 6.45) is 0.0636. The molecule has 1 aromatic carbocycles. The summed E-state index contributed by atoms with van der Waals surface area (Å²) in [7, 11) is 0. The van der Waals surface area contributed by atoms with Crippen LogP contribution in [0.2, 0.25) is 0 Å². The Labute approximate surface area is 117 Å². The Hall–Kier alpha value is -1.49. The Bertz CT molecular complexity index is 505. The standard InChI is InChI=1S/C15H19F2NO2/c1-8(2)14(19)7-18-15(20)11-6-10(11)9-3-4-12(16)13(17)5-9/h3-5,8,10-11,14,19H,6-7H2,1-2H3,(H,18,20). The van der Waals surface area contributed by atoms with E-state index in [9.17, 15) is 18.7 Å². The smallest absolute Gasteiger partial charge is 0.223 e. The number of halogens is 2. The van der Waals surface area contributed by atoms with Crippen molar-refractivity contribution in [2.24, 2.45) is 11.8 Å². The number of carbonyl (C=O) groups is 1. The molecule has 3 nitrogen and oxygen atoms in total. The zero-order chi connectivity index (χ0) is 14.9. The summed E-state index contributed by atoms with van der Waals surface area (Å²) in [5.74, 6) is -2.09. The Kier molecular flexibility index (Phi) is 4.38. The molecule has 1 aliphatic carbocycles. The van der Waals surface area contributed by atoms with Crippen LogP contribution < -0.4 is 5.32 Å². The van der Waals surface area contributed by atoms with Crippen molar-refractivity contribution in [3.05, 3.63) is 35.4 Å². The number of carbonyl (C=O) groups excluding carboxylic acids is 1. The lowest BCUT2D eigenvalue weighted by Crippen LogP contribution is -2.35. The molecule has 2 N–H and O–H groups in total. The van der Waals surface area contributed by atoms with Crippen LogP contribution >= 0.6 is 0 Å². The molecule has 0 bridgehead atoms. The molecule has 3 unspecified atom stereocenters. The van der Waals surface area contributed by atoms with E-state index < -0.39 is 17.7 Å². The fraction of sp³-hybridized carbons (Fsp3) is 0.533. The van der Waals surface area contributed by atoms with Gasteiger partial charge in [0.25, 0.3) is 0 Å². The van der Waals surface area contributed by atoms with Gasteiger partial charge in [0.05, 0.1) is 6.10 Å². The van der Waals surface area contributed by atoms with Gasteiger partial charge in [0.1, 0.15) is 0 Å². The number of hydrogen-bond acceptors (Lipinski definition) is 2. The van der Waals surface area contributed by atoms with Gasteiger partial charge in [-0.3, -0.25) is 4.79 Å². The van der Waals surface area contributed by atoms with Gasteiger partial charge in [-0.2, -0.15) is 0 Å². The third-order valence-corrected chi connectivity index (χ3v) is 3.75. The maximum absolute atomic E-state index is 13.1. The number of hydrogen-bond donors (Lipinski definition) is 2. The quantitative estimate of drug-likeness (QED) is 0.870. The van der Waals surface area contributed by atoms with Gasteiger partial charge in [-0.25, -0.2) is 8.78 Å². The van der Waals surface area contributed by atoms with Gasteiger partial charge in [-0.05, 0) is 36.0 Å². The van der Waals surface area contributed by atoms with Gasteiger partial charge in [0.2, 0.25) is 5.91 Å². The van der Waals surface area contributed by atoms with Crippen molar-refractivity contribution in [3.8, 4) is 0 Å². The van der Waals surface area contributed by atoms with E-state index in [1.165, 1.54) is 6.07 Å². The molecule has 0 spiro atoms. The van der Waals surface area contributed by atoms with E-state index in [0.717, 1.165) is 12.1 Å². The summed E-state index contributed by atoms with van der Waals surface area (Å²) in [5, 5.41) is 12.3. The van der Waals surface area contributed by atoms with E-state index in [1.54, 1.807) is 0 Å². The Morgan fingerprint density at radius 2 is 2.10 bits per heavy atom. The highest BCUT2D eigenvalue weighted by molar-refractivity contribution is 5.82. The van der Waals surface area contributed by atoms with E-state index in [4.69, 9.17) is 0 Å². The van der Waals surface area contributed by atoms with Crippen molar-refractivity contribution in [1.82, 2.24) is 5.32 Å². The molecule has 0 heterocycles. The van der Waals surface area contributed by atoms with Gasteiger partial charge in [0, 0.05) is 12.5 Å². The van der Waals surface area contributed by atoms with E-state index in [2.05, 4.69) is 5.32 Å². The zero-order valence-corrected chi connectivity index (χ0v) is 11.6. The first-order chi connectivity index (χ1) is 9.40. The predicted molar refractivity (Wildman–Crippen MR) is 71.1 cm³/mol. The van der Waals surface area contributed by atoms with Crippen LogP contribution in [0.1, 0.15) is 31.7 Å². The van der Waals surface area contributed by atoms with Gasteiger partial charge in [0.15, 0.2) is 11.6 Å². The van der Waals surface area contributed by atoms with Crippen LogP contribution in [0.3, 0.4) is 0 Å². The van der Waals surface area contributed by atoms with Crippen LogP contribution in [-0.4, -0.2) is 23.7 Å². The second-order valence-electron chi connectivity index (χ2n) is 5.68. The SMILES string of the molecule is CC(C)C(O)CNC(=O)C1CC1c1ccc(F)c(F)c1. The number of aliphatic hydroxyl groups excluding tert-OH is 1. The lowest BCUT2D eigenvalue weighted by atomic mass is 10.1. The summed E-state index contributed by atoms with van der Waals surface area (Å²) in [5.41, 5.74) is 0.647. The lowest BCUT2D eigenvalue weighted by molar-refractivity contribution is -0.123. The second-order valence-corrected chi connectivity index (χ2v) is 5.68. The highest BCUT2D eigenvalue weighted by atomic mass is 19.2. The first-order valence-corrected chi connectivity index (χ1v) is 6.81. The molecular formula is C15H19F2NO2. The largest absolute Gasteiger partial charge is 0.391 e. The third kappa shape index (κ3) is 3.33. The number of nitrogens with one attached hydrogen (secondary N) is 1. The summed E-state index contributed by atoms with van der Waals surface area (Å²) in [6.45, 7) is 3.97. The van der Waals surface area contributed by atoms with Crippen LogP contribution in [0.5, 0.6) is 0 Å². The molecule has 0 saturated heterocycles. The fourth-order valence-corrected chi connectivity index (χ4v) is 2.17. The zero-order valence-electron chi connectivity index (χ0n) is 11.6. The van der Waals surface area contributed by atoms with Crippen molar-refractivity contribution >= 4 is 5.91 Å². The molecule has 20 heavy (non-hydrogen) atoms. The first kappa shape index (κ1) is 14.9. The average Bonchev–Trinajstić information content (AvgIpc) is 3.19. The van der Waals surface area contributed by atoms with Crippen molar-refractivity contribution in [2.75, 3.05) is 6.54 Å². The Morgan fingerprint density at radius 1 is 1.40 bits per heavy atom. The second kappa shape index (κ2) is 5.87. The maximum atomic E-state index is 13.1. The summed E-state index contributed by atoms with van der Waals surface area (Å²) < 4.78 is 26.0. The van der Waals surface area contributed by atoms with Gasteiger partial charge in [-0.15, -0.1) is 0 Å². The number of benzene rings is 1. The third-order valence-electron chi connectivity index (χ3n) is 3.75. The Morgan fingerprint density at radius 3 is 2.70 bits per heavy atom. The van der Waals surface area contributed by atoms with Crippen LogP contribution in [-0.2, 0) is 4.79 Å². The molecule has 1 aliphatic rings. The normalized spacial score (nSPS) is 22.7. The molecule has 5 heteroatoms. The summed E-state index contributed by atoms with van der Waals surface area (Å²) in [6, 6.07) is 3.75. The van der Waals surface area contributed by atoms with Crippen molar-refractivity contribution in [1.29, 1.82) is 0 Å². The molecule has 1 aromatic rings. The minimum Gasteiger partial charge on any atom is -0.391 e. The Balaban J connectivity index is 1.87. The van der Waals surface area contributed by atoms with Crippen molar-refractivity contribution < 1.29 is 18.7 Å². The first-order valence-electron chi connectivity index (χ1n) is 6.81.